The van der Waals surface area contributed by atoms with Crippen LogP contribution in [-0.2, 0) is 9.53 Å². The number of carboxylic acid groups (broad SMARTS) is 1. The fourth-order valence-corrected chi connectivity index (χ4v) is 0.900. The number of carbonyl (C=O) groups excluding carboxylic acids is 1. The van der Waals surface area contributed by atoms with Gasteiger partial charge in [0.05, 0.1) is 5.56 Å². The Kier molecular flexibility index (Phi) is 3.23. The Bertz CT molecular complexity index is 340. The molecule has 0 aromatic heterocycles. The van der Waals surface area contributed by atoms with Gasteiger partial charge in [-0.15, -0.1) is 0 Å². The number of aliphatic carboxylic acids is 1. The molecule has 0 amide bonds. The second-order valence-corrected chi connectivity index (χ2v) is 2.84. The van der Waals surface area contributed by atoms with Gasteiger partial charge in [-0.1, -0.05) is 17.7 Å². The SMILES string of the molecule is Cc1ccc(C(=O)OCC(=O)O)cc1. The molecule has 0 bridgehead atoms. The van der Waals surface area contributed by atoms with Crippen molar-refractivity contribution < 1.29 is 19.4 Å². The van der Waals surface area contributed by atoms with Crippen molar-refractivity contribution in [3.63, 3.8) is 0 Å². The van der Waals surface area contributed by atoms with Gasteiger partial charge in [-0.3, -0.25) is 0 Å². The Morgan fingerprint density at radius 2 is 1.86 bits per heavy atom. The lowest BCUT2D eigenvalue weighted by atomic mass is 10.1. The number of rotatable bonds is 3. The topological polar surface area (TPSA) is 63.6 Å². The lowest BCUT2D eigenvalue weighted by molar-refractivity contribution is -0.140. The van der Waals surface area contributed by atoms with Crippen molar-refractivity contribution in [2.24, 2.45) is 0 Å². The van der Waals surface area contributed by atoms with Gasteiger partial charge in [-0.25, -0.2) is 9.59 Å². The molecule has 0 radical (unpaired) electrons. The van der Waals surface area contributed by atoms with E-state index in [0.717, 1.165) is 5.56 Å². The maximum atomic E-state index is 11.2. The van der Waals surface area contributed by atoms with Crippen LogP contribution in [0.25, 0.3) is 0 Å². The standard InChI is InChI=1S/C10H10O4/c1-7-2-4-8(5-3-7)10(13)14-6-9(11)12/h2-5H,6H2,1H3,(H,11,12). The van der Waals surface area contributed by atoms with E-state index in [2.05, 4.69) is 4.74 Å². The van der Waals surface area contributed by atoms with Crippen LogP contribution < -0.4 is 0 Å². The molecule has 14 heavy (non-hydrogen) atoms. The highest BCUT2D eigenvalue weighted by Gasteiger charge is 2.08. The Balaban J connectivity index is 2.61. The van der Waals surface area contributed by atoms with E-state index in [1.54, 1.807) is 24.3 Å². The second kappa shape index (κ2) is 4.41. The van der Waals surface area contributed by atoms with Crippen molar-refractivity contribution in [3.8, 4) is 0 Å². The van der Waals surface area contributed by atoms with Crippen LogP contribution in [0.4, 0.5) is 0 Å². The van der Waals surface area contributed by atoms with Gasteiger partial charge in [-0.05, 0) is 19.1 Å². The summed E-state index contributed by atoms with van der Waals surface area (Å²) < 4.78 is 4.49. The van der Waals surface area contributed by atoms with Gasteiger partial charge < -0.3 is 9.84 Å². The van der Waals surface area contributed by atoms with E-state index in [1.165, 1.54) is 0 Å². The summed E-state index contributed by atoms with van der Waals surface area (Å²) in [6.45, 7) is 1.29. The number of carboxylic acids is 1. The highest BCUT2D eigenvalue weighted by molar-refractivity contribution is 5.90. The maximum absolute atomic E-state index is 11.2. The fourth-order valence-electron chi connectivity index (χ4n) is 0.900. The van der Waals surface area contributed by atoms with Gasteiger partial charge in [0.15, 0.2) is 6.61 Å². The predicted molar refractivity (Wildman–Crippen MR) is 49.1 cm³/mol. The van der Waals surface area contributed by atoms with Gasteiger partial charge in [0.1, 0.15) is 0 Å². The van der Waals surface area contributed by atoms with E-state index >= 15 is 0 Å². The molecule has 0 aliphatic heterocycles. The fraction of sp³-hybridized carbons (Fsp3) is 0.200. The van der Waals surface area contributed by atoms with Crippen LogP contribution in [0.1, 0.15) is 15.9 Å². The van der Waals surface area contributed by atoms with E-state index in [1.807, 2.05) is 6.92 Å². The van der Waals surface area contributed by atoms with Crippen molar-refractivity contribution in [2.75, 3.05) is 6.61 Å². The summed E-state index contributed by atoms with van der Waals surface area (Å²) in [5, 5.41) is 8.28. The maximum Gasteiger partial charge on any atom is 0.341 e. The molecular weight excluding hydrogens is 184 g/mol. The van der Waals surface area contributed by atoms with Crippen molar-refractivity contribution >= 4 is 11.9 Å². The molecule has 4 heteroatoms. The first-order chi connectivity index (χ1) is 6.59. The molecule has 1 rings (SSSR count). The zero-order valence-electron chi connectivity index (χ0n) is 7.69. The van der Waals surface area contributed by atoms with E-state index in [9.17, 15) is 9.59 Å². The van der Waals surface area contributed by atoms with Gasteiger partial charge >= 0.3 is 11.9 Å². The summed E-state index contributed by atoms with van der Waals surface area (Å²) in [5.41, 5.74) is 1.39. The number of esters is 1. The van der Waals surface area contributed by atoms with Crippen molar-refractivity contribution in [2.45, 2.75) is 6.92 Å². The minimum Gasteiger partial charge on any atom is -0.479 e. The molecule has 0 aliphatic rings. The van der Waals surface area contributed by atoms with Crippen molar-refractivity contribution in [1.29, 1.82) is 0 Å². The predicted octanol–water partition coefficient (Wildman–Crippen LogP) is 1.24. The zero-order valence-corrected chi connectivity index (χ0v) is 7.69. The normalized spacial score (nSPS) is 9.50. The number of benzene rings is 1. The molecule has 0 atom stereocenters. The third-order valence-corrected chi connectivity index (χ3v) is 1.61. The summed E-state index contributed by atoms with van der Waals surface area (Å²) in [6, 6.07) is 6.72. The third-order valence-electron chi connectivity index (χ3n) is 1.61. The molecule has 4 nitrogen and oxygen atoms in total. The monoisotopic (exact) mass is 194 g/mol. The van der Waals surface area contributed by atoms with Gasteiger partial charge in [0.2, 0.25) is 0 Å². The second-order valence-electron chi connectivity index (χ2n) is 2.84. The lowest BCUT2D eigenvalue weighted by Crippen LogP contribution is -2.12. The van der Waals surface area contributed by atoms with Crippen LogP contribution in [0.5, 0.6) is 0 Å². The molecule has 1 N–H and O–H groups in total. The average Bonchev–Trinajstić information content (AvgIpc) is 2.15. The number of hydrogen-bond acceptors (Lipinski definition) is 3. The van der Waals surface area contributed by atoms with Crippen LogP contribution in [-0.4, -0.2) is 23.7 Å². The van der Waals surface area contributed by atoms with Crippen molar-refractivity contribution in [1.82, 2.24) is 0 Å². The lowest BCUT2D eigenvalue weighted by Gasteiger charge is -2.01. The van der Waals surface area contributed by atoms with Crippen molar-refractivity contribution in [3.05, 3.63) is 35.4 Å². The molecule has 0 aliphatic carbocycles. The number of aryl methyl sites for hydroxylation is 1. The summed E-state index contributed by atoms with van der Waals surface area (Å²) in [6.07, 6.45) is 0. The summed E-state index contributed by atoms with van der Waals surface area (Å²) in [4.78, 5) is 21.3. The molecule has 0 heterocycles. The molecule has 0 unspecified atom stereocenters. The molecule has 0 fully saturated rings. The minimum absolute atomic E-state index is 0.358. The quantitative estimate of drug-likeness (QED) is 0.735. The number of hydrogen-bond donors (Lipinski definition) is 1. The minimum atomic E-state index is -1.16. The molecule has 0 spiro atoms. The molecular formula is C10H10O4. The van der Waals surface area contributed by atoms with E-state index in [-0.39, 0.29) is 0 Å². The van der Waals surface area contributed by atoms with E-state index < -0.39 is 18.5 Å². The van der Waals surface area contributed by atoms with Gasteiger partial charge in [0.25, 0.3) is 0 Å². The summed E-state index contributed by atoms with van der Waals surface area (Å²) >= 11 is 0. The van der Waals surface area contributed by atoms with Crippen LogP contribution in [0.15, 0.2) is 24.3 Å². The largest absolute Gasteiger partial charge is 0.479 e. The van der Waals surface area contributed by atoms with E-state index in [0.29, 0.717) is 5.56 Å². The number of ether oxygens (including phenoxy) is 1. The first-order valence-electron chi connectivity index (χ1n) is 4.05. The Labute approximate surface area is 81.1 Å². The first kappa shape index (κ1) is 10.2. The Morgan fingerprint density at radius 3 is 2.36 bits per heavy atom. The first-order valence-corrected chi connectivity index (χ1v) is 4.05. The molecule has 0 saturated heterocycles. The smallest absolute Gasteiger partial charge is 0.341 e. The molecule has 1 aromatic rings. The molecule has 1 aromatic carbocycles. The highest BCUT2D eigenvalue weighted by Crippen LogP contribution is 2.04. The van der Waals surface area contributed by atoms with Crippen LogP contribution >= 0.6 is 0 Å². The Morgan fingerprint density at radius 1 is 1.29 bits per heavy atom. The molecule has 74 valence electrons. The van der Waals surface area contributed by atoms with Gasteiger partial charge in [0, 0.05) is 0 Å². The Hall–Kier alpha value is -1.84. The third kappa shape index (κ3) is 2.90. The zero-order chi connectivity index (χ0) is 10.6. The van der Waals surface area contributed by atoms with Crippen LogP contribution in [0.3, 0.4) is 0 Å². The summed E-state index contributed by atoms with van der Waals surface area (Å²) in [5.74, 6) is -1.78. The molecule has 0 saturated carbocycles. The van der Waals surface area contributed by atoms with Gasteiger partial charge in [-0.2, -0.15) is 0 Å². The number of carbonyl (C=O) groups is 2. The van der Waals surface area contributed by atoms with Crippen LogP contribution in [0.2, 0.25) is 0 Å². The highest BCUT2D eigenvalue weighted by atomic mass is 16.5. The average molecular weight is 194 g/mol. The van der Waals surface area contributed by atoms with Crippen LogP contribution in [0, 0.1) is 6.92 Å². The summed E-state index contributed by atoms with van der Waals surface area (Å²) in [7, 11) is 0. The van der Waals surface area contributed by atoms with E-state index in [4.69, 9.17) is 5.11 Å².